The molecule has 51 heavy (non-hydrogen) atoms. The van der Waals surface area contributed by atoms with E-state index in [4.69, 9.17) is 0 Å². The van der Waals surface area contributed by atoms with Crippen LogP contribution in [0.25, 0.3) is 34.4 Å². The SMILES string of the molecule is CC(C)(C)c1ccc(-c2cccc3c2C=[C-]C3c2ccccn2)cc1.CC(C)(C)c1ccc(-c2cccc3c2C=[C-]C3c2ccccn2)cc1.[Hf]. The molecule has 0 N–H and O–H groups in total. The maximum atomic E-state index is 4.52. The molecular weight excluding hydrogens is 783 g/mol. The van der Waals surface area contributed by atoms with Crippen molar-refractivity contribution in [3.05, 3.63) is 191 Å². The number of pyridine rings is 2. The molecular formula is C48H44HfN2-2. The predicted molar refractivity (Wildman–Crippen MR) is 209 cm³/mol. The molecule has 0 fully saturated rings. The van der Waals surface area contributed by atoms with E-state index in [9.17, 15) is 0 Å². The minimum atomic E-state index is 0. The first-order valence-corrected chi connectivity index (χ1v) is 17.6. The molecule has 0 bridgehead atoms. The average molecular weight is 827 g/mol. The molecule has 2 nitrogen and oxygen atoms in total. The molecule has 2 aromatic heterocycles. The van der Waals surface area contributed by atoms with E-state index < -0.39 is 0 Å². The largest absolute Gasteiger partial charge is 0.262 e. The van der Waals surface area contributed by atoms with Crippen LogP contribution < -0.4 is 0 Å². The van der Waals surface area contributed by atoms with Crippen molar-refractivity contribution in [3.8, 4) is 22.3 Å². The van der Waals surface area contributed by atoms with Gasteiger partial charge in [-0.3, -0.25) is 22.1 Å². The van der Waals surface area contributed by atoms with Crippen molar-refractivity contribution in [2.45, 2.75) is 64.2 Å². The van der Waals surface area contributed by atoms with Crippen LogP contribution in [0.2, 0.25) is 0 Å². The standard InChI is InChI=1S/2C24H22N.Hf/c2*1-24(2,3)18-12-10-17(11-13-18)19-7-6-8-20-21(19)14-15-22(20)23-9-4-5-16-25-23;/h2*4-14,16,22H,1-3H3;/q2*-1;. The van der Waals surface area contributed by atoms with E-state index in [1.54, 1.807) is 0 Å². The molecule has 0 aliphatic heterocycles. The molecule has 8 rings (SSSR count). The summed E-state index contributed by atoms with van der Waals surface area (Å²) in [6.45, 7) is 13.5. The van der Waals surface area contributed by atoms with Crippen molar-refractivity contribution in [2.75, 3.05) is 0 Å². The monoisotopic (exact) mass is 828 g/mol. The van der Waals surface area contributed by atoms with Crippen molar-refractivity contribution in [1.29, 1.82) is 0 Å². The Kier molecular flexibility index (Phi) is 10.7. The van der Waals surface area contributed by atoms with Crippen LogP contribution in [0.15, 0.2) is 134 Å². The summed E-state index contributed by atoms with van der Waals surface area (Å²) in [5.74, 6) is 0.259. The number of rotatable bonds is 4. The molecule has 2 atom stereocenters. The Morgan fingerprint density at radius 3 is 1.18 bits per heavy atom. The number of nitrogens with zero attached hydrogens (tertiary/aromatic N) is 2. The predicted octanol–water partition coefficient (Wildman–Crippen LogP) is 12.0. The van der Waals surface area contributed by atoms with E-state index in [1.165, 1.54) is 55.6 Å². The number of hydrogen-bond acceptors (Lipinski definition) is 2. The zero-order chi connectivity index (χ0) is 34.9. The molecule has 0 radical (unpaired) electrons. The van der Waals surface area contributed by atoms with Crippen molar-refractivity contribution in [1.82, 2.24) is 9.97 Å². The van der Waals surface area contributed by atoms with E-state index in [-0.39, 0.29) is 48.5 Å². The molecule has 0 spiro atoms. The molecule has 252 valence electrons. The molecule has 0 saturated heterocycles. The van der Waals surface area contributed by atoms with Crippen molar-refractivity contribution in [2.24, 2.45) is 0 Å². The Hall–Kier alpha value is -4.47. The third-order valence-electron chi connectivity index (χ3n) is 9.78. The zero-order valence-corrected chi connectivity index (χ0v) is 34.0. The minimum Gasteiger partial charge on any atom is -0.262 e. The van der Waals surface area contributed by atoms with E-state index in [0.29, 0.717) is 0 Å². The fourth-order valence-corrected chi connectivity index (χ4v) is 6.89. The van der Waals surface area contributed by atoms with Gasteiger partial charge in [-0.2, -0.15) is 11.1 Å². The Balaban J connectivity index is 0.000000172. The van der Waals surface area contributed by atoms with Crippen LogP contribution >= 0.6 is 0 Å². The number of fused-ring (bicyclic) bond motifs is 2. The van der Waals surface area contributed by atoms with Crippen molar-refractivity contribution in [3.63, 3.8) is 0 Å². The second kappa shape index (κ2) is 15.0. The minimum absolute atomic E-state index is 0. The zero-order valence-electron chi connectivity index (χ0n) is 30.4. The first-order valence-electron chi connectivity index (χ1n) is 17.6. The topological polar surface area (TPSA) is 25.8 Å². The van der Waals surface area contributed by atoms with Crippen LogP contribution in [-0.2, 0) is 36.7 Å². The third-order valence-corrected chi connectivity index (χ3v) is 9.78. The van der Waals surface area contributed by atoms with Gasteiger partial charge < -0.3 is 0 Å². The summed E-state index contributed by atoms with van der Waals surface area (Å²) in [7, 11) is 0. The van der Waals surface area contributed by atoms with Gasteiger partial charge >= 0.3 is 0 Å². The van der Waals surface area contributed by atoms with Gasteiger partial charge in [0.15, 0.2) is 0 Å². The van der Waals surface area contributed by atoms with Gasteiger partial charge in [-0.05, 0) is 69.2 Å². The summed E-state index contributed by atoms with van der Waals surface area (Å²) in [6.07, 6.45) is 14.9. The van der Waals surface area contributed by atoms with Gasteiger partial charge in [-0.25, -0.2) is 12.2 Å². The summed E-state index contributed by atoms with van der Waals surface area (Å²) >= 11 is 0. The summed E-state index contributed by atoms with van der Waals surface area (Å²) in [4.78, 5) is 9.04. The Morgan fingerprint density at radius 1 is 0.451 bits per heavy atom. The van der Waals surface area contributed by atoms with Crippen LogP contribution in [0.1, 0.15) is 98.1 Å². The molecule has 2 heterocycles. The van der Waals surface area contributed by atoms with E-state index in [2.05, 4.69) is 173 Å². The normalized spacial score (nSPS) is 15.7. The Morgan fingerprint density at radius 2 is 0.843 bits per heavy atom. The fraction of sp³-hybridized carbons (Fsp3) is 0.208. The van der Waals surface area contributed by atoms with E-state index >= 15 is 0 Å². The third kappa shape index (κ3) is 7.75. The van der Waals surface area contributed by atoms with Gasteiger partial charge in [0.1, 0.15) is 0 Å². The first-order chi connectivity index (χ1) is 24.1. The number of allylic oxidation sites excluding steroid dienone is 2. The van der Waals surface area contributed by atoms with Crippen LogP contribution in [0.4, 0.5) is 0 Å². The van der Waals surface area contributed by atoms with Crippen molar-refractivity contribution >= 4 is 12.2 Å². The molecule has 6 aromatic rings. The second-order valence-corrected chi connectivity index (χ2v) is 15.3. The number of benzene rings is 4. The van der Waals surface area contributed by atoms with Gasteiger partial charge in [-0.1, -0.05) is 150 Å². The maximum absolute atomic E-state index is 4.52. The molecule has 2 unspecified atom stereocenters. The van der Waals surface area contributed by atoms with Crippen LogP contribution in [0.5, 0.6) is 0 Å². The van der Waals surface area contributed by atoms with E-state index in [0.717, 1.165) is 11.4 Å². The van der Waals surface area contributed by atoms with Gasteiger partial charge in [0.25, 0.3) is 0 Å². The van der Waals surface area contributed by atoms with Crippen LogP contribution in [0.3, 0.4) is 0 Å². The first kappa shape index (κ1) is 36.3. The Labute approximate surface area is 323 Å². The number of aromatic nitrogens is 2. The van der Waals surface area contributed by atoms with Gasteiger partial charge in [0, 0.05) is 49.6 Å². The second-order valence-electron chi connectivity index (χ2n) is 15.3. The van der Waals surface area contributed by atoms with Gasteiger partial charge in [0.2, 0.25) is 0 Å². The summed E-state index contributed by atoms with van der Waals surface area (Å²) in [6, 6.07) is 43.1. The maximum Gasteiger partial charge on any atom is 0.0324 e. The molecule has 4 aromatic carbocycles. The van der Waals surface area contributed by atoms with Crippen LogP contribution in [0, 0.1) is 12.2 Å². The molecule has 2 aliphatic carbocycles. The molecule has 0 amide bonds. The number of hydrogen-bond donors (Lipinski definition) is 0. The van der Waals surface area contributed by atoms with Crippen LogP contribution in [-0.4, -0.2) is 9.97 Å². The fourth-order valence-electron chi connectivity index (χ4n) is 6.89. The van der Waals surface area contributed by atoms with Crippen molar-refractivity contribution < 1.29 is 25.8 Å². The summed E-state index contributed by atoms with van der Waals surface area (Å²) in [5, 5.41) is 0. The smallest absolute Gasteiger partial charge is 0.0324 e. The van der Waals surface area contributed by atoms with Gasteiger partial charge in [-0.15, -0.1) is 11.1 Å². The molecule has 0 saturated carbocycles. The molecule has 3 heteroatoms. The average Bonchev–Trinajstić information content (AvgIpc) is 3.77. The summed E-state index contributed by atoms with van der Waals surface area (Å²) in [5.41, 5.74) is 15.3. The van der Waals surface area contributed by atoms with E-state index in [1.807, 2.05) is 36.7 Å². The summed E-state index contributed by atoms with van der Waals surface area (Å²) < 4.78 is 0. The molecule has 2 aliphatic rings. The Bertz CT molecular complexity index is 1990. The quantitative estimate of drug-likeness (QED) is 0.131. The van der Waals surface area contributed by atoms with Gasteiger partial charge in [0.05, 0.1) is 0 Å².